The van der Waals surface area contributed by atoms with Gasteiger partial charge in [-0.05, 0) is 22.6 Å². The second kappa shape index (κ2) is 4.38. The zero-order chi connectivity index (χ0) is 13.8. The summed E-state index contributed by atoms with van der Waals surface area (Å²) in [6, 6.07) is 0. The molecule has 2 fully saturated rings. The Kier molecular flexibility index (Phi) is 3.05. The average Bonchev–Trinajstić information content (AvgIpc) is 2.85. The molecule has 0 saturated carbocycles. The van der Waals surface area contributed by atoms with Gasteiger partial charge in [0.1, 0.15) is 17.8 Å². The van der Waals surface area contributed by atoms with Gasteiger partial charge in [0.2, 0.25) is 0 Å². The first-order valence-corrected chi connectivity index (χ1v) is 6.66. The third-order valence-electron chi connectivity index (χ3n) is 3.47. The monoisotopic (exact) mass is 382 g/mol. The second-order valence-electron chi connectivity index (χ2n) is 4.60. The van der Waals surface area contributed by atoms with Crippen molar-refractivity contribution in [3.05, 3.63) is 30.6 Å². The quantitative estimate of drug-likeness (QED) is 0.519. The van der Waals surface area contributed by atoms with E-state index < -0.39 is 41.9 Å². The molecule has 1 aromatic heterocycles. The van der Waals surface area contributed by atoms with Gasteiger partial charge in [0.05, 0.1) is 16.8 Å². The molecular weight excluding hydrogens is 371 g/mol. The van der Waals surface area contributed by atoms with Crippen LogP contribution >= 0.6 is 22.6 Å². The lowest BCUT2D eigenvalue weighted by molar-refractivity contribution is -0.187. The molecule has 0 aliphatic carbocycles. The molecule has 2 bridgehead atoms. The molecular formula is C10H11IN2O6. The number of nitrogens with zero attached hydrogens (tertiary/aromatic N) is 1. The van der Waals surface area contributed by atoms with Gasteiger partial charge in [0.25, 0.3) is 5.56 Å². The van der Waals surface area contributed by atoms with Crippen LogP contribution in [0.2, 0.25) is 0 Å². The number of hydrogen-bond acceptors (Lipinski definition) is 6. The van der Waals surface area contributed by atoms with Crippen LogP contribution in [0.5, 0.6) is 0 Å². The summed E-state index contributed by atoms with van der Waals surface area (Å²) in [5.41, 5.74) is -2.33. The fourth-order valence-electron chi connectivity index (χ4n) is 2.40. The lowest BCUT2D eigenvalue weighted by atomic mass is 10.0. The molecule has 0 radical (unpaired) electrons. The zero-order valence-electron chi connectivity index (χ0n) is 9.58. The molecule has 3 N–H and O–H groups in total. The number of nitrogens with one attached hydrogen (secondary N) is 1. The van der Waals surface area contributed by atoms with Gasteiger partial charge in [-0.15, -0.1) is 0 Å². The Morgan fingerprint density at radius 3 is 2.95 bits per heavy atom. The number of aliphatic hydroxyl groups excluding tert-OH is 2. The Morgan fingerprint density at radius 1 is 1.58 bits per heavy atom. The van der Waals surface area contributed by atoms with E-state index in [1.54, 1.807) is 22.6 Å². The summed E-state index contributed by atoms with van der Waals surface area (Å²) in [6.45, 7) is -0.336. The highest BCUT2D eigenvalue weighted by molar-refractivity contribution is 14.1. The van der Waals surface area contributed by atoms with Crippen molar-refractivity contribution in [2.24, 2.45) is 0 Å². The summed E-state index contributed by atoms with van der Waals surface area (Å²) >= 11 is 1.79. The smallest absolute Gasteiger partial charge is 0.330 e. The van der Waals surface area contributed by atoms with E-state index in [2.05, 4.69) is 4.98 Å². The molecule has 0 spiro atoms. The van der Waals surface area contributed by atoms with Crippen LogP contribution in [0.3, 0.4) is 0 Å². The number of aromatic nitrogens is 2. The Morgan fingerprint density at radius 2 is 2.32 bits per heavy atom. The van der Waals surface area contributed by atoms with Crippen molar-refractivity contribution in [1.82, 2.24) is 9.55 Å². The lowest BCUT2D eigenvalue weighted by Crippen LogP contribution is -2.44. The van der Waals surface area contributed by atoms with Crippen LogP contribution < -0.4 is 11.2 Å². The maximum Gasteiger partial charge on any atom is 0.330 e. The first-order valence-electron chi connectivity index (χ1n) is 5.58. The maximum absolute atomic E-state index is 11.8. The van der Waals surface area contributed by atoms with Crippen molar-refractivity contribution >= 4 is 22.6 Å². The van der Waals surface area contributed by atoms with Crippen molar-refractivity contribution in [2.75, 3.05) is 13.2 Å². The number of rotatable bonds is 2. The molecule has 0 aromatic carbocycles. The minimum absolute atomic E-state index is 0.0705. The van der Waals surface area contributed by atoms with E-state index in [1.807, 2.05) is 0 Å². The molecule has 8 nitrogen and oxygen atoms in total. The predicted molar refractivity (Wildman–Crippen MR) is 69.7 cm³/mol. The van der Waals surface area contributed by atoms with E-state index in [0.717, 1.165) is 4.57 Å². The van der Waals surface area contributed by atoms with E-state index in [9.17, 15) is 19.8 Å². The zero-order valence-corrected chi connectivity index (χ0v) is 11.7. The van der Waals surface area contributed by atoms with Gasteiger partial charge in [0, 0.05) is 6.20 Å². The summed E-state index contributed by atoms with van der Waals surface area (Å²) in [6.07, 6.45) is -1.28. The van der Waals surface area contributed by atoms with E-state index >= 15 is 0 Å². The van der Waals surface area contributed by atoms with Crippen LogP contribution in [-0.4, -0.2) is 50.8 Å². The molecule has 9 heteroatoms. The van der Waals surface area contributed by atoms with Gasteiger partial charge in [-0.25, -0.2) is 4.79 Å². The largest absolute Gasteiger partial charge is 0.393 e. The van der Waals surface area contributed by atoms with Gasteiger partial charge in [-0.3, -0.25) is 14.3 Å². The SMILES string of the molecule is O=c1[nH]c(=O)n([C@@H]2O[C@@]3(CO)CO[C@H]2[C@H]3O)cc1I. The minimum Gasteiger partial charge on any atom is -0.393 e. The van der Waals surface area contributed by atoms with E-state index in [-0.39, 0.29) is 6.61 Å². The third kappa shape index (κ3) is 1.80. The lowest BCUT2D eigenvalue weighted by Gasteiger charge is -2.29. The molecule has 4 atom stereocenters. The average molecular weight is 382 g/mol. The summed E-state index contributed by atoms with van der Waals surface area (Å²) in [5, 5.41) is 19.4. The standard InChI is InChI=1S/C10H11IN2O6/c11-4-1-13(9(17)12-7(4)16)8-5-6(15)10(2-14,19-8)3-18-5/h1,5-6,8,14-15H,2-3H2,(H,12,16,17)/t5-,6+,8+,10-/m0/s1. The number of ether oxygens (including phenoxy) is 2. The van der Waals surface area contributed by atoms with Crippen molar-refractivity contribution < 1.29 is 19.7 Å². The molecule has 19 heavy (non-hydrogen) atoms. The van der Waals surface area contributed by atoms with E-state index in [0.29, 0.717) is 3.57 Å². The summed E-state index contributed by atoms with van der Waals surface area (Å²) in [4.78, 5) is 25.2. The van der Waals surface area contributed by atoms with Crippen LogP contribution in [0.4, 0.5) is 0 Å². The molecule has 3 heterocycles. The topological polar surface area (TPSA) is 114 Å². The van der Waals surface area contributed by atoms with Crippen LogP contribution in [-0.2, 0) is 9.47 Å². The van der Waals surface area contributed by atoms with Crippen LogP contribution in [0.1, 0.15) is 6.23 Å². The Hall–Kier alpha value is -0.750. The molecule has 104 valence electrons. The molecule has 2 saturated heterocycles. The highest BCUT2D eigenvalue weighted by Gasteiger charge is 2.61. The summed E-state index contributed by atoms with van der Waals surface area (Å²) < 4.78 is 12.4. The number of aliphatic hydroxyl groups is 2. The van der Waals surface area contributed by atoms with Gasteiger partial charge >= 0.3 is 5.69 Å². The highest BCUT2D eigenvalue weighted by atomic mass is 127. The number of fused-ring (bicyclic) bond motifs is 2. The fraction of sp³-hybridized carbons (Fsp3) is 0.600. The second-order valence-corrected chi connectivity index (χ2v) is 5.76. The van der Waals surface area contributed by atoms with Crippen LogP contribution in [0.25, 0.3) is 0 Å². The number of H-pyrrole nitrogens is 1. The minimum atomic E-state index is -1.20. The molecule has 3 rings (SSSR count). The fourth-order valence-corrected chi connectivity index (χ4v) is 2.84. The maximum atomic E-state index is 11.8. The molecule has 2 aliphatic heterocycles. The number of aromatic amines is 1. The number of hydrogen-bond donors (Lipinski definition) is 3. The van der Waals surface area contributed by atoms with Crippen LogP contribution in [0.15, 0.2) is 15.8 Å². The Balaban J connectivity index is 2.04. The van der Waals surface area contributed by atoms with Crippen LogP contribution in [0, 0.1) is 3.57 Å². The van der Waals surface area contributed by atoms with Crippen molar-refractivity contribution in [3.8, 4) is 0 Å². The van der Waals surface area contributed by atoms with Crippen molar-refractivity contribution in [3.63, 3.8) is 0 Å². The van der Waals surface area contributed by atoms with Gasteiger partial charge in [-0.2, -0.15) is 0 Å². The van der Waals surface area contributed by atoms with Crippen molar-refractivity contribution in [2.45, 2.75) is 24.0 Å². The normalized spacial score (nSPS) is 36.9. The molecule has 2 aliphatic rings. The first kappa shape index (κ1) is 13.2. The summed E-state index contributed by atoms with van der Waals surface area (Å²) in [7, 11) is 0. The molecule has 0 amide bonds. The Labute approximate surface area is 120 Å². The number of halogens is 1. The van der Waals surface area contributed by atoms with Gasteiger partial charge < -0.3 is 19.7 Å². The predicted octanol–water partition coefficient (Wildman–Crippen LogP) is -1.84. The van der Waals surface area contributed by atoms with Gasteiger partial charge in [-0.1, -0.05) is 0 Å². The molecule has 0 unspecified atom stereocenters. The highest BCUT2D eigenvalue weighted by Crippen LogP contribution is 2.44. The van der Waals surface area contributed by atoms with Crippen molar-refractivity contribution in [1.29, 1.82) is 0 Å². The summed E-state index contributed by atoms with van der Waals surface area (Å²) in [5.74, 6) is 0. The van der Waals surface area contributed by atoms with Gasteiger partial charge in [0.15, 0.2) is 6.23 Å². The van der Waals surface area contributed by atoms with E-state index in [1.165, 1.54) is 6.20 Å². The van der Waals surface area contributed by atoms with E-state index in [4.69, 9.17) is 9.47 Å². The first-order chi connectivity index (χ1) is 8.98. The molecule has 1 aromatic rings. The Bertz CT molecular complexity index is 627. The third-order valence-corrected chi connectivity index (χ3v) is 4.24.